The fourth-order valence-corrected chi connectivity index (χ4v) is 1.67. The highest BCUT2D eigenvalue weighted by Crippen LogP contribution is 2.17. The van der Waals surface area contributed by atoms with Crippen LogP contribution in [0.15, 0.2) is 18.2 Å². The van der Waals surface area contributed by atoms with Crippen LogP contribution in [0, 0.1) is 19.7 Å². The van der Waals surface area contributed by atoms with Crippen molar-refractivity contribution < 1.29 is 9.18 Å². The number of benzene rings is 1. The third-order valence-electron chi connectivity index (χ3n) is 2.56. The summed E-state index contributed by atoms with van der Waals surface area (Å²) in [5.41, 5.74) is 1.94. The van der Waals surface area contributed by atoms with E-state index in [0.717, 1.165) is 5.56 Å². The SMILES string of the molecule is CC(=O)c1nnn(-c2ccc(C)cc2F)c1C. The lowest BCUT2D eigenvalue weighted by Crippen LogP contribution is -2.03. The third kappa shape index (κ3) is 1.95. The quantitative estimate of drug-likeness (QED) is 0.747. The largest absolute Gasteiger partial charge is 0.293 e. The first-order chi connectivity index (χ1) is 8.00. The molecular weight excluding hydrogens is 221 g/mol. The Balaban J connectivity index is 2.57. The van der Waals surface area contributed by atoms with Gasteiger partial charge in [0.2, 0.25) is 0 Å². The van der Waals surface area contributed by atoms with Crippen molar-refractivity contribution in [2.75, 3.05) is 0 Å². The summed E-state index contributed by atoms with van der Waals surface area (Å²) in [6.07, 6.45) is 0. The number of nitrogens with zero attached hydrogens (tertiary/aromatic N) is 3. The number of Topliss-reactive ketones (excluding diaryl/α,β-unsaturated/α-hetero) is 1. The van der Waals surface area contributed by atoms with Gasteiger partial charge >= 0.3 is 0 Å². The van der Waals surface area contributed by atoms with Crippen LogP contribution in [0.25, 0.3) is 5.69 Å². The lowest BCUT2D eigenvalue weighted by atomic mass is 10.2. The van der Waals surface area contributed by atoms with Crippen LogP contribution in [0.3, 0.4) is 0 Å². The minimum absolute atomic E-state index is 0.179. The smallest absolute Gasteiger partial charge is 0.181 e. The lowest BCUT2D eigenvalue weighted by molar-refractivity contribution is 0.101. The monoisotopic (exact) mass is 233 g/mol. The summed E-state index contributed by atoms with van der Waals surface area (Å²) in [4.78, 5) is 11.2. The Labute approximate surface area is 98.1 Å². The number of aryl methyl sites for hydroxylation is 1. The van der Waals surface area contributed by atoms with E-state index in [9.17, 15) is 9.18 Å². The molecule has 0 aliphatic rings. The van der Waals surface area contributed by atoms with Gasteiger partial charge in [-0.1, -0.05) is 11.3 Å². The van der Waals surface area contributed by atoms with Gasteiger partial charge in [0, 0.05) is 6.92 Å². The zero-order valence-electron chi connectivity index (χ0n) is 9.86. The van der Waals surface area contributed by atoms with Crippen LogP contribution in [0.2, 0.25) is 0 Å². The number of carbonyl (C=O) groups is 1. The topological polar surface area (TPSA) is 47.8 Å². The fourth-order valence-electron chi connectivity index (χ4n) is 1.67. The van der Waals surface area contributed by atoms with Crippen molar-refractivity contribution in [1.29, 1.82) is 0 Å². The number of hydrogen-bond donors (Lipinski definition) is 0. The van der Waals surface area contributed by atoms with Crippen molar-refractivity contribution in [3.8, 4) is 5.69 Å². The number of hydrogen-bond acceptors (Lipinski definition) is 3. The lowest BCUT2D eigenvalue weighted by Gasteiger charge is -2.05. The highest BCUT2D eigenvalue weighted by atomic mass is 19.1. The van der Waals surface area contributed by atoms with Crippen molar-refractivity contribution in [2.45, 2.75) is 20.8 Å². The van der Waals surface area contributed by atoms with Crippen LogP contribution >= 0.6 is 0 Å². The van der Waals surface area contributed by atoms with E-state index in [1.54, 1.807) is 19.1 Å². The van der Waals surface area contributed by atoms with E-state index in [2.05, 4.69) is 10.3 Å². The summed E-state index contributed by atoms with van der Waals surface area (Å²) in [6.45, 7) is 4.91. The highest BCUT2D eigenvalue weighted by Gasteiger charge is 2.15. The molecule has 17 heavy (non-hydrogen) atoms. The Morgan fingerprint density at radius 3 is 2.59 bits per heavy atom. The molecule has 5 heteroatoms. The Hall–Kier alpha value is -2.04. The van der Waals surface area contributed by atoms with E-state index in [0.29, 0.717) is 11.4 Å². The summed E-state index contributed by atoms with van der Waals surface area (Å²) in [5.74, 6) is -0.561. The third-order valence-corrected chi connectivity index (χ3v) is 2.56. The molecule has 0 amide bonds. The standard InChI is InChI=1S/C12H12FN3O/c1-7-4-5-11(10(13)6-7)16-8(2)12(9(3)17)14-15-16/h4-6H,1-3H3. The Morgan fingerprint density at radius 2 is 2.06 bits per heavy atom. The minimum Gasteiger partial charge on any atom is -0.293 e. The molecule has 1 aromatic carbocycles. The molecule has 0 fully saturated rings. The maximum Gasteiger partial charge on any atom is 0.181 e. The molecule has 0 bridgehead atoms. The van der Waals surface area contributed by atoms with Gasteiger partial charge in [-0.25, -0.2) is 9.07 Å². The first-order valence-corrected chi connectivity index (χ1v) is 5.20. The number of halogens is 1. The molecule has 88 valence electrons. The van der Waals surface area contributed by atoms with Crippen LogP contribution in [-0.4, -0.2) is 20.8 Å². The molecule has 0 saturated carbocycles. The van der Waals surface area contributed by atoms with Gasteiger partial charge in [0.25, 0.3) is 0 Å². The summed E-state index contributed by atoms with van der Waals surface area (Å²) in [6, 6.07) is 4.83. The van der Waals surface area contributed by atoms with Gasteiger partial charge in [-0.05, 0) is 31.5 Å². The summed E-state index contributed by atoms with van der Waals surface area (Å²) >= 11 is 0. The fraction of sp³-hybridized carbons (Fsp3) is 0.250. The molecule has 0 spiro atoms. The summed E-state index contributed by atoms with van der Waals surface area (Å²) in [7, 11) is 0. The minimum atomic E-state index is -0.381. The molecule has 2 aromatic rings. The van der Waals surface area contributed by atoms with Gasteiger partial charge in [0.1, 0.15) is 11.5 Å². The Bertz CT molecular complexity index is 589. The predicted octanol–water partition coefficient (Wildman–Crippen LogP) is 2.23. The average molecular weight is 233 g/mol. The van der Waals surface area contributed by atoms with E-state index in [1.807, 2.05) is 6.92 Å². The Kier molecular flexibility index (Phi) is 2.75. The maximum atomic E-state index is 13.8. The highest BCUT2D eigenvalue weighted by molar-refractivity contribution is 5.93. The number of ketones is 1. The first kappa shape index (κ1) is 11.4. The number of aromatic nitrogens is 3. The molecule has 0 aliphatic carbocycles. The second-order valence-electron chi connectivity index (χ2n) is 3.95. The molecule has 0 unspecified atom stereocenters. The van der Waals surface area contributed by atoms with Crippen LogP contribution in [0.5, 0.6) is 0 Å². The van der Waals surface area contributed by atoms with Gasteiger partial charge in [0.05, 0.1) is 5.69 Å². The van der Waals surface area contributed by atoms with Crippen LogP contribution in [0.1, 0.15) is 28.7 Å². The van der Waals surface area contributed by atoms with E-state index >= 15 is 0 Å². The molecule has 0 N–H and O–H groups in total. The van der Waals surface area contributed by atoms with Crippen LogP contribution < -0.4 is 0 Å². The molecule has 1 aromatic heterocycles. The van der Waals surface area contributed by atoms with Gasteiger partial charge in [-0.2, -0.15) is 0 Å². The van der Waals surface area contributed by atoms with Crippen molar-refractivity contribution in [3.05, 3.63) is 41.0 Å². The van der Waals surface area contributed by atoms with Gasteiger partial charge < -0.3 is 0 Å². The molecule has 0 radical (unpaired) electrons. The van der Waals surface area contributed by atoms with Crippen molar-refractivity contribution in [3.63, 3.8) is 0 Å². The molecule has 1 heterocycles. The van der Waals surface area contributed by atoms with E-state index in [-0.39, 0.29) is 17.3 Å². The van der Waals surface area contributed by atoms with Gasteiger partial charge in [0.15, 0.2) is 11.5 Å². The van der Waals surface area contributed by atoms with Gasteiger partial charge in [-0.3, -0.25) is 4.79 Å². The second-order valence-corrected chi connectivity index (χ2v) is 3.95. The molecule has 4 nitrogen and oxygen atoms in total. The van der Waals surface area contributed by atoms with E-state index in [4.69, 9.17) is 0 Å². The molecule has 0 atom stereocenters. The molecule has 0 saturated heterocycles. The van der Waals surface area contributed by atoms with Crippen molar-refractivity contribution in [1.82, 2.24) is 15.0 Å². The van der Waals surface area contributed by atoms with Crippen LogP contribution in [-0.2, 0) is 0 Å². The summed E-state index contributed by atoms with van der Waals surface area (Å²) in [5, 5.41) is 7.56. The first-order valence-electron chi connectivity index (χ1n) is 5.20. The number of carbonyl (C=O) groups excluding carboxylic acids is 1. The number of rotatable bonds is 2. The zero-order chi connectivity index (χ0) is 12.6. The Morgan fingerprint density at radius 1 is 1.35 bits per heavy atom. The maximum absolute atomic E-state index is 13.8. The summed E-state index contributed by atoms with van der Waals surface area (Å²) < 4.78 is 15.1. The predicted molar refractivity (Wildman–Crippen MR) is 60.8 cm³/mol. The molecule has 2 rings (SSSR count). The van der Waals surface area contributed by atoms with E-state index < -0.39 is 0 Å². The molecular formula is C12H12FN3O. The normalized spacial score (nSPS) is 10.6. The van der Waals surface area contributed by atoms with Crippen LogP contribution in [0.4, 0.5) is 4.39 Å². The van der Waals surface area contributed by atoms with Crippen molar-refractivity contribution >= 4 is 5.78 Å². The van der Waals surface area contributed by atoms with E-state index in [1.165, 1.54) is 17.7 Å². The molecule has 0 aliphatic heterocycles. The second kappa shape index (κ2) is 4.08. The van der Waals surface area contributed by atoms with Gasteiger partial charge in [-0.15, -0.1) is 5.10 Å². The van der Waals surface area contributed by atoms with Crippen molar-refractivity contribution in [2.24, 2.45) is 0 Å². The average Bonchev–Trinajstić information content (AvgIpc) is 2.60. The zero-order valence-corrected chi connectivity index (χ0v) is 9.86.